The molecule has 3 rings (SSSR count). The Morgan fingerprint density at radius 1 is 1.19 bits per heavy atom. The number of nitriles is 1. The van der Waals surface area contributed by atoms with Crippen molar-refractivity contribution in [3.05, 3.63) is 71.4 Å². The molecule has 0 spiro atoms. The Labute approximate surface area is 164 Å². The maximum absolute atomic E-state index is 13.2. The molecule has 128 valence electrons. The van der Waals surface area contributed by atoms with E-state index in [1.807, 2.05) is 6.07 Å². The van der Waals surface area contributed by atoms with Gasteiger partial charge in [0, 0.05) is 18.0 Å². The van der Waals surface area contributed by atoms with Crippen LogP contribution in [0.4, 0.5) is 10.1 Å². The van der Waals surface area contributed by atoms with Gasteiger partial charge in [0.05, 0.1) is 17.2 Å². The van der Waals surface area contributed by atoms with E-state index in [0.717, 1.165) is 18.2 Å². The van der Waals surface area contributed by atoms with E-state index in [2.05, 4.69) is 15.5 Å². The van der Waals surface area contributed by atoms with Crippen LogP contribution >= 0.6 is 0 Å². The van der Waals surface area contributed by atoms with Gasteiger partial charge in [-0.1, -0.05) is 0 Å². The zero-order valence-corrected chi connectivity index (χ0v) is 14.0. The van der Waals surface area contributed by atoms with Crippen molar-refractivity contribution in [3.63, 3.8) is 0 Å². The van der Waals surface area contributed by atoms with Crippen molar-refractivity contribution in [3.8, 4) is 11.9 Å². The first-order chi connectivity index (χ1) is 12.5. The fraction of sp³-hybridized carbons (Fsp3) is 0. The van der Waals surface area contributed by atoms with E-state index in [-0.39, 0.29) is 30.2 Å². The van der Waals surface area contributed by atoms with E-state index in [1.165, 1.54) is 12.1 Å². The first-order valence-electron chi connectivity index (χ1n) is 7.22. The summed E-state index contributed by atoms with van der Waals surface area (Å²) in [6.07, 6.45) is 3.17. The van der Waals surface area contributed by atoms with Crippen molar-refractivity contribution in [2.45, 2.75) is 0 Å². The summed E-state index contributed by atoms with van der Waals surface area (Å²) in [6.45, 7) is 0. The molecule has 1 aromatic carbocycles. The van der Waals surface area contributed by atoms with Gasteiger partial charge in [0.2, 0.25) is 0 Å². The van der Waals surface area contributed by atoms with Crippen molar-refractivity contribution >= 4 is 17.6 Å². The van der Waals surface area contributed by atoms with Gasteiger partial charge in [-0.3, -0.25) is 4.79 Å². The Morgan fingerprint density at radius 2 is 1.96 bits per heavy atom. The quantitative estimate of drug-likeness (QED) is 0.534. The van der Waals surface area contributed by atoms with Crippen molar-refractivity contribution in [2.24, 2.45) is 0 Å². The number of aromatic carboxylic acids is 1. The maximum Gasteiger partial charge on any atom is 1.00 e. The number of hydrogen-bond acceptors (Lipinski definition) is 6. The molecule has 0 atom stereocenters. The molecule has 3 aromatic rings. The Morgan fingerprint density at radius 3 is 2.56 bits per heavy atom. The largest absolute Gasteiger partial charge is 1.00 e. The molecule has 2 heterocycles. The topological polar surface area (TPSA) is 124 Å². The van der Waals surface area contributed by atoms with Gasteiger partial charge >= 0.3 is 18.9 Å². The molecule has 10 heteroatoms. The molecule has 27 heavy (non-hydrogen) atoms. The van der Waals surface area contributed by atoms with Crippen LogP contribution in [-0.4, -0.2) is 26.6 Å². The number of carboxylic acids is 1. The zero-order chi connectivity index (χ0) is 18.7. The average molecular weight is 357 g/mol. The number of nitrogens with one attached hydrogen (secondary N) is 1. The van der Waals surface area contributed by atoms with E-state index < -0.39 is 23.3 Å². The minimum Gasteiger partial charge on any atom is -0.545 e. The number of carbonyl (C=O) groups is 2. The van der Waals surface area contributed by atoms with Crippen LogP contribution in [0.15, 0.2) is 48.8 Å². The minimum absolute atomic E-state index is 0. The van der Waals surface area contributed by atoms with E-state index in [9.17, 15) is 19.1 Å². The van der Waals surface area contributed by atoms with Crippen molar-refractivity contribution in [1.82, 2.24) is 14.8 Å². The summed E-state index contributed by atoms with van der Waals surface area (Å²) in [6, 6.07) is 9.34. The number of aromatic nitrogens is 3. The Bertz CT molecular complexity index is 1040. The van der Waals surface area contributed by atoms with Crippen LogP contribution in [0.1, 0.15) is 26.4 Å². The molecule has 0 fully saturated rings. The number of carbonyl (C=O) groups excluding carboxylic acids is 2. The standard InChI is InChI=1S/C17H10FN5O3.Li/c18-11-1-2-13(12(7-11)17(25)26)20-16(24)14-3-4-15(22-21-14)23-6-5-10(8-19)9-23;/h1-7,9H,(H,20,24)(H,25,26);/q;+1/p-1. The van der Waals surface area contributed by atoms with Crippen LogP contribution in [0.2, 0.25) is 0 Å². The second-order valence-electron chi connectivity index (χ2n) is 5.13. The summed E-state index contributed by atoms with van der Waals surface area (Å²) < 4.78 is 14.7. The van der Waals surface area contributed by atoms with Gasteiger partial charge in [0.25, 0.3) is 5.91 Å². The first kappa shape index (κ1) is 19.9. The summed E-state index contributed by atoms with van der Waals surface area (Å²) in [4.78, 5) is 23.2. The van der Waals surface area contributed by atoms with E-state index in [1.54, 1.807) is 23.0 Å². The molecular formula is C17H9FLiN5O3. The van der Waals surface area contributed by atoms with E-state index >= 15 is 0 Å². The van der Waals surface area contributed by atoms with Gasteiger partial charge in [-0.15, -0.1) is 10.2 Å². The molecule has 0 aliphatic rings. The minimum atomic E-state index is -1.62. The first-order valence-corrected chi connectivity index (χ1v) is 7.22. The van der Waals surface area contributed by atoms with Crippen LogP contribution < -0.4 is 29.3 Å². The molecule has 0 radical (unpaired) electrons. The predicted octanol–water partition coefficient (Wildman–Crippen LogP) is -2.10. The molecule has 1 N–H and O–H groups in total. The van der Waals surface area contributed by atoms with Gasteiger partial charge in [-0.25, -0.2) is 4.39 Å². The van der Waals surface area contributed by atoms with Gasteiger partial charge < -0.3 is 19.8 Å². The Balaban J connectivity index is 0.00000261. The third-order valence-corrected chi connectivity index (χ3v) is 3.42. The molecule has 2 aromatic heterocycles. The second-order valence-corrected chi connectivity index (χ2v) is 5.13. The summed E-state index contributed by atoms with van der Waals surface area (Å²) in [5.41, 5.74) is -0.236. The number of anilines is 1. The molecule has 0 saturated heterocycles. The van der Waals surface area contributed by atoms with Crippen LogP contribution in [0.25, 0.3) is 5.82 Å². The van der Waals surface area contributed by atoms with Crippen molar-refractivity contribution in [1.29, 1.82) is 5.26 Å². The number of carboxylic acid groups (broad SMARTS) is 1. The van der Waals surface area contributed by atoms with Crippen LogP contribution in [0, 0.1) is 17.1 Å². The van der Waals surface area contributed by atoms with Gasteiger partial charge in [-0.05, 0) is 36.4 Å². The number of nitrogens with zero attached hydrogens (tertiary/aromatic N) is 4. The molecule has 0 bridgehead atoms. The summed E-state index contributed by atoms with van der Waals surface area (Å²) in [7, 11) is 0. The molecule has 0 aliphatic heterocycles. The molecular weight excluding hydrogens is 348 g/mol. The molecule has 1 amide bonds. The van der Waals surface area contributed by atoms with Gasteiger partial charge in [0.1, 0.15) is 11.9 Å². The number of benzene rings is 1. The molecule has 8 nitrogen and oxygen atoms in total. The second kappa shape index (κ2) is 8.28. The zero-order valence-electron chi connectivity index (χ0n) is 14.0. The van der Waals surface area contributed by atoms with Crippen LogP contribution in [0.5, 0.6) is 0 Å². The smallest absolute Gasteiger partial charge is 0.545 e. The predicted molar refractivity (Wildman–Crippen MR) is 84.8 cm³/mol. The number of halogens is 1. The molecule has 0 unspecified atom stereocenters. The number of rotatable bonds is 4. The van der Waals surface area contributed by atoms with Crippen molar-refractivity contribution < 1.29 is 37.9 Å². The Kier molecular flexibility index (Phi) is 6.09. The molecule has 0 saturated carbocycles. The average Bonchev–Trinajstić information content (AvgIpc) is 3.12. The van der Waals surface area contributed by atoms with E-state index in [0.29, 0.717) is 11.4 Å². The summed E-state index contributed by atoms with van der Waals surface area (Å²) in [5.74, 6) is -2.72. The van der Waals surface area contributed by atoms with Crippen LogP contribution in [-0.2, 0) is 0 Å². The number of hydrogen-bond donors (Lipinski definition) is 1. The summed E-state index contributed by atoms with van der Waals surface area (Å²) in [5, 5.41) is 29.8. The maximum atomic E-state index is 13.2. The fourth-order valence-corrected chi connectivity index (χ4v) is 2.17. The van der Waals surface area contributed by atoms with E-state index in [4.69, 9.17) is 5.26 Å². The van der Waals surface area contributed by atoms with Gasteiger partial charge in [-0.2, -0.15) is 5.26 Å². The normalized spacial score (nSPS) is 9.78. The monoisotopic (exact) mass is 357 g/mol. The van der Waals surface area contributed by atoms with Crippen molar-refractivity contribution in [2.75, 3.05) is 5.32 Å². The third kappa shape index (κ3) is 4.39. The van der Waals surface area contributed by atoms with Gasteiger partial charge in [0.15, 0.2) is 11.5 Å². The summed E-state index contributed by atoms with van der Waals surface area (Å²) >= 11 is 0. The third-order valence-electron chi connectivity index (χ3n) is 3.42. The fourth-order valence-electron chi connectivity index (χ4n) is 2.17. The number of amides is 1. The Hall–Kier alpha value is -3.46. The van der Waals surface area contributed by atoms with Crippen LogP contribution in [0.3, 0.4) is 0 Å². The SMILES string of the molecule is N#Cc1ccn(-c2ccc(C(=O)Nc3ccc(F)cc3C(=O)[O-])nn2)c1.[Li+]. The molecule has 0 aliphatic carbocycles.